The number of fused-ring (bicyclic) bond motifs is 4. The first kappa shape index (κ1) is 21.3. The van der Waals surface area contributed by atoms with Gasteiger partial charge in [-0.15, -0.1) is 11.5 Å². The SMILES string of the molecule is C[Si](C)(C)C#CC(c1ccccc1)[C@@]12CCC3=C4CCCCC4CC[C@H]3[C@@H]1CCC2=O. The van der Waals surface area contributed by atoms with E-state index in [1.165, 1.54) is 44.1 Å². The first-order chi connectivity index (χ1) is 14.9. The van der Waals surface area contributed by atoms with E-state index in [1.807, 2.05) is 5.57 Å². The third-order valence-electron chi connectivity index (χ3n) is 8.82. The molecule has 0 amide bonds. The monoisotopic (exact) mass is 430 g/mol. The number of Topliss-reactive ketones (excluding diaryl/α,β-unsaturated/α-hetero) is 1. The molecule has 0 aliphatic heterocycles. The highest BCUT2D eigenvalue weighted by Gasteiger charge is 2.59. The van der Waals surface area contributed by atoms with Gasteiger partial charge in [0.25, 0.3) is 0 Å². The molecule has 0 saturated heterocycles. The number of hydrogen-bond donors (Lipinski definition) is 0. The van der Waals surface area contributed by atoms with E-state index in [2.05, 4.69) is 61.4 Å². The molecule has 1 aromatic carbocycles. The molecule has 4 aliphatic carbocycles. The maximum Gasteiger partial charge on any atom is 0.140 e. The lowest BCUT2D eigenvalue weighted by Crippen LogP contribution is -2.46. The van der Waals surface area contributed by atoms with Gasteiger partial charge in [0.2, 0.25) is 0 Å². The van der Waals surface area contributed by atoms with Crippen LogP contribution in [0.15, 0.2) is 41.5 Å². The van der Waals surface area contributed by atoms with E-state index in [1.54, 1.807) is 5.57 Å². The molecule has 4 aliphatic rings. The maximum atomic E-state index is 13.8. The second-order valence-corrected chi connectivity index (χ2v) is 16.4. The van der Waals surface area contributed by atoms with E-state index >= 15 is 0 Å². The van der Waals surface area contributed by atoms with Crippen LogP contribution in [0.5, 0.6) is 0 Å². The molecule has 5 atom stereocenters. The summed E-state index contributed by atoms with van der Waals surface area (Å²) in [7, 11) is -1.53. The van der Waals surface area contributed by atoms with Crippen LogP contribution >= 0.6 is 0 Å². The van der Waals surface area contributed by atoms with E-state index in [0.29, 0.717) is 17.6 Å². The molecule has 0 aromatic heterocycles. The molecule has 5 rings (SSSR count). The third kappa shape index (κ3) is 3.68. The summed E-state index contributed by atoms with van der Waals surface area (Å²) in [6, 6.07) is 10.8. The van der Waals surface area contributed by atoms with Gasteiger partial charge in [0.05, 0.1) is 11.3 Å². The van der Waals surface area contributed by atoms with Gasteiger partial charge in [0, 0.05) is 6.42 Å². The van der Waals surface area contributed by atoms with Crippen molar-refractivity contribution in [3.8, 4) is 11.5 Å². The van der Waals surface area contributed by atoms with Gasteiger partial charge in [-0.05, 0) is 74.7 Å². The quantitative estimate of drug-likeness (QED) is 0.273. The normalized spacial score (nSPS) is 33.6. The number of ketones is 1. The summed E-state index contributed by atoms with van der Waals surface area (Å²) in [6.45, 7) is 6.96. The average Bonchev–Trinajstić information content (AvgIpc) is 3.11. The zero-order valence-electron chi connectivity index (χ0n) is 19.7. The zero-order valence-corrected chi connectivity index (χ0v) is 20.7. The van der Waals surface area contributed by atoms with E-state index < -0.39 is 8.07 Å². The lowest BCUT2D eigenvalue weighted by molar-refractivity contribution is -0.130. The number of benzene rings is 1. The van der Waals surface area contributed by atoms with Gasteiger partial charge in [0.1, 0.15) is 13.9 Å². The average molecular weight is 431 g/mol. The molecule has 3 saturated carbocycles. The molecule has 3 fully saturated rings. The highest BCUT2D eigenvalue weighted by molar-refractivity contribution is 6.83. The van der Waals surface area contributed by atoms with Gasteiger partial charge in [-0.1, -0.05) is 67.5 Å². The molecule has 164 valence electrons. The highest BCUT2D eigenvalue weighted by atomic mass is 28.3. The summed E-state index contributed by atoms with van der Waals surface area (Å²) >= 11 is 0. The predicted octanol–water partition coefficient (Wildman–Crippen LogP) is 7.31. The largest absolute Gasteiger partial charge is 0.299 e. The molecule has 1 nitrogen and oxygen atoms in total. The Hall–Kier alpha value is -1.59. The van der Waals surface area contributed by atoms with Crippen molar-refractivity contribution >= 4 is 13.9 Å². The van der Waals surface area contributed by atoms with Crippen molar-refractivity contribution < 1.29 is 4.79 Å². The first-order valence-electron chi connectivity index (χ1n) is 12.7. The smallest absolute Gasteiger partial charge is 0.140 e. The third-order valence-corrected chi connectivity index (χ3v) is 9.72. The summed E-state index contributed by atoms with van der Waals surface area (Å²) in [5, 5.41) is 0. The van der Waals surface area contributed by atoms with Gasteiger partial charge in [-0.3, -0.25) is 4.79 Å². The van der Waals surface area contributed by atoms with Crippen LogP contribution in [-0.2, 0) is 4.79 Å². The number of hydrogen-bond acceptors (Lipinski definition) is 1. The minimum Gasteiger partial charge on any atom is -0.299 e. The van der Waals surface area contributed by atoms with Crippen LogP contribution in [0.25, 0.3) is 0 Å². The Morgan fingerprint density at radius 3 is 2.52 bits per heavy atom. The fraction of sp³-hybridized carbons (Fsp3) is 0.621. The topological polar surface area (TPSA) is 17.1 Å². The second kappa shape index (κ2) is 8.07. The Bertz CT molecular complexity index is 940. The van der Waals surface area contributed by atoms with Crippen LogP contribution in [0.3, 0.4) is 0 Å². The van der Waals surface area contributed by atoms with Crippen LogP contribution in [-0.4, -0.2) is 13.9 Å². The van der Waals surface area contributed by atoms with Crippen molar-refractivity contribution in [3.05, 3.63) is 47.0 Å². The van der Waals surface area contributed by atoms with Gasteiger partial charge in [-0.25, -0.2) is 0 Å². The minimum atomic E-state index is -1.53. The lowest BCUT2D eigenvalue weighted by atomic mass is 9.52. The standard InChI is InChI=1S/C29H38OSi/c1-31(2,3)20-18-26(22-10-5-4-6-11-22)29-19-17-24-23-12-8-7-9-21(23)13-14-25(24)27(29)15-16-28(29)30/h4-6,10-11,21,25-27H,7-9,12-17,19H2,1-3H3/t21?,25-,26?,27+,29+/m1/s1. The molecule has 0 bridgehead atoms. The van der Waals surface area contributed by atoms with Crippen molar-refractivity contribution in [2.75, 3.05) is 0 Å². The summed E-state index contributed by atoms with van der Waals surface area (Å²) < 4.78 is 0. The Kier molecular flexibility index (Phi) is 5.54. The Labute approximate surface area is 190 Å². The van der Waals surface area contributed by atoms with Crippen LogP contribution < -0.4 is 0 Å². The molecule has 0 radical (unpaired) electrons. The van der Waals surface area contributed by atoms with Crippen molar-refractivity contribution in [2.45, 2.75) is 89.8 Å². The summed E-state index contributed by atoms with van der Waals surface area (Å²) in [5.41, 5.74) is 8.34. The predicted molar refractivity (Wildman–Crippen MR) is 131 cm³/mol. The number of carbonyl (C=O) groups is 1. The molecular weight excluding hydrogens is 392 g/mol. The summed E-state index contributed by atoms with van der Waals surface area (Å²) in [6.07, 6.45) is 12.2. The number of rotatable bonds is 2. The fourth-order valence-corrected chi connectivity index (χ4v) is 8.16. The van der Waals surface area contributed by atoms with Crippen molar-refractivity contribution in [3.63, 3.8) is 0 Å². The van der Waals surface area contributed by atoms with E-state index in [0.717, 1.165) is 31.6 Å². The Morgan fingerprint density at radius 2 is 1.74 bits per heavy atom. The molecular formula is C29H38OSi. The highest BCUT2D eigenvalue weighted by Crippen LogP contribution is 2.63. The summed E-state index contributed by atoms with van der Waals surface area (Å²) in [4.78, 5) is 13.8. The number of allylic oxidation sites excluding steroid dienone is 2. The lowest BCUT2D eigenvalue weighted by Gasteiger charge is -2.51. The minimum absolute atomic E-state index is 0.0658. The maximum absolute atomic E-state index is 13.8. The number of carbonyl (C=O) groups excluding carboxylic acids is 1. The molecule has 1 aromatic rings. The molecule has 0 heterocycles. The van der Waals surface area contributed by atoms with Crippen LogP contribution in [0, 0.1) is 34.6 Å². The molecule has 0 spiro atoms. The molecule has 0 N–H and O–H groups in total. The molecule has 31 heavy (non-hydrogen) atoms. The van der Waals surface area contributed by atoms with E-state index in [-0.39, 0.29) is 11.3 Å². The Balaban J connectivity index is 1.60. The van der Waals surface area contributed by atoms with Crippen LogP contribution in [0.2, 0.25) is 19.6 Å². The molecule has 2 heteroatoms. The van der Waals surface area contributed by atoms with Crippen LogP contribution in [0.1, 0.15) is 75.7 Å². The zero-order chi connectivity index (χ0) is 21.6. The van der Waals surface area contributed by atoms with Gasteiger partial charge < -0.3 is 0 Å². The van der Waals surface area contributed by atoms with Gasteiger partial charge in [-0.2, -0.15) is 0 Å². The summed E-state index contributed by atoms with van der Waals surface area (Å²) in [5.74, 6) is 6.36. The van der Waals surface area contributed by atoms with E-state index in [9.17, 15) is 4.79 Å². The van der Waals surface area contributed by atoms with Crippen LogP contribution in [0.4, 0.5) is 0 Å². The van der Waals surface area contributed by atoms with Crippen molar-refractivity contribution in [1.29, 1.82) is 0 Å². The second-order valence-electron chi connectivity index (χ2n) is 11.6. The van der Waals surface area contributed by atoms with Crippen molar-refractivity contribution in [1.82, 2.24) is 0 Å². The van der Waals surface area contributed by atoms with Gasteiger partial charge in [0.15, 0.2) is 0 Å². The Morgan fingerprint density at radius 1 is 0.935 bits per heavy atom. The molecule has 2 unspecified atom stereocenters. The fourth-order valence-electron chi connectivity index (χ4n) is 7.58. The van der Waals surface area contributed by atoms with Crippen molar-refractivity contribution in [2.24, 2.45) is 23.2 Å². The van der Waals surface area contributed by atoms with Gasteiger partial charge >= 0.3 is 0 Å². The first-order valence-corrected chi connectivity index (χ1v) is 16.2. The van der Waals surface area contributed by atoms with E-state index in [4.69, 9.17) is 0 Å².